The lowest BCUT2D eigenvalue weighted by Gasteiger charge is -2.26. The van der Waals surface area contributed by atoms with Crippen molar-refractivity contribution >= 4 is 11.9 Å². The molecule has 1 rings (SSSR count). The van der Waals surface area contributed by atoms with E-state index in [0.717, 1.165) is 11.3 Å². The molecule has 9 N–H and O–H groups in total. The quantitative estimate of drug-likeness (QED) is 0.152. The number of nitrogens with zero attached hydrogens (tertiary/aromatic N) is 2. The minimum Gasteiger partial charge on any atom is -0.378 e. The van der Waals surface area contributed by atoms with Crippen LogP contribution in [0.5, 0.6) is 0 Å². The van der Waals surface area contributed by atoms with E-state index in [1.165, 1.54) is 0 Å². The maximum atomic E-state index is 5.30. The fourth-order valence-corrected chi connectivity index (χ4v) is 1.27. The molecule has 0 aliphatic rings. The first kappa shape index (κ1) is 14.5. The second kappa shape index (κ2) is 6.40. The van der Waals surface area contributed by atoms with E-state index in [-0.39, 0.29) is 0 Å². The summed E-state index contributed by atoms with van der Waals surface area (Å²) < 4.78 is 0. The molecule has 8 heteroatoms. The summed E-state index contributed by atoms with van der Waals surface area (Å²) in [5, 5.41) is 0. The number of benzene rings is 1. The molecule has 0 saturated heterocycles. The molecular formula is C10H20N8. The Bertz CT molecular complexity index is 373. The Morgan fingerprint density at radius 2 is 1.56 bits per heavy atom. The third-order valence-electron chi connectivity index (χ3n) is 2.44. The zero-order valence-corrected chi connectivity index (χ0v) is 10.5. The van der Waals surface area contributed by atoms with Gasteiger partial charge in [-0.2, -0.15) is 0 Å². The molecule has 0 unspecified atom stereocenters. The van der Waals surface area contributed by atoms with Crippen LogP contribution in [0.2, 0.25) is 0 Å². The van der Waals surface area contributed by atoms with Crippen LogP contribution in [0.4, 0.5) is 5.69 Å². The van der Waals surface area contributed by atoms with Gasteiger partial charge in [0.25, 0.3) is 5.91 Å². The third-order valence-corrected chi connectivity index (χ3v) is 2.44. The van der Waals surface area contributed by atoms with E-state index in [1.54, 1.807) is 6.21 Å². The van der Waals surface area contributed by atoms with Crippen molar-refractivity contribution < 1.29 is 0 Å². The Kier molecular flexibility index (Phi) is 5.16. The molecule has 0 aromatic heterocycles. The summed E-state index contributed by atoms with van der Waals surface area (Å²) in [6.45, 7) is 0. The molecule has 0 saturated carbocycles. The Labute approximate surface area is 106 Å². The maximum Gasteiger partial charge on any atom is 0.260 e. The molecule has 0 radical (unpaired) electrons. The van der Waals surface area contributed by atoms with E-state index in [1.807, 2.05) is 43.3 Å². The normalized spacial score (nSPS) is 12.1. The minimum atomic E-state index is -1.29. The van der Waals surface area contributed by atoms with Crippen LogP contribution in [0.25, 0.3) is 0 Å². The lowest BCUT2D eigenvalue weighted by Crippen LogP contribution is -2.71. The Balaban J connectivity index is 2.83. The summed E-state index contributed by atoms with van der Waals surface area (Å²) in [6, 6.07) is 7.80. The first-order valence-electron chi connectivity index (χ1n) is 5.33. The molecule has 1 aromatic carbocycles. The number of hydrogen-bond acceptors (Lipinski definition) is 8. The lowest BCUT2D eigenvalue weighted by molar-refractivity contribution is 0.216. The number of hydrogen-bond donors (Lipinski definition) is 6. The number of nitrogens with one attached hydrogen (secondary N) is 3. The maximum absolute atomic E-state index is 5.30. The van der Waals surface area contributed by atoms with Crippen LogP contribution in [0.1, 0.15) is 5.56 Å². The highest BCUT2D eigenvalue weighted by Gasteiger charge is 2.22. The number of nitrogens with two attached hydrogens (primary N) is 3. The molecule has 0 atom stereocenters. The molecule has 0 fully saturated rings. The number of aliphatic imine (C=N–C) groups is 1. The molecule has 1 aromatic rings. The molecule has 0 aliphatic carbocycles. The van der Waals surface area contributed by atoms with Gasteiger partial charge in [0.05, 0.1) is 0 Å². The molecule has 100 valence electrons. The zero-order chi connectivity index (χ0) is 13.6. The molecule has 0 bridgehead atoms. The average molecular weight is 252 g/mol. The van der Waals surface area contributed by atoms with Crippen LogP contribution >= 0.6 is 0 Å². The molecule has 0 heterocycles. The highest BCUT2D eigenvalue weighted by Crippen LogP contribution is 2.11. The van der Waals surface area contributed by atoms with Crippen LogP contribution in [0.3, 0.4) is 0 Å². The molecule has 8 nitrogen and oxygen atoms in total. The summed E-state index contributed by atoms with van der Waals surface area (Å²) in [6.07, 6.45) is 1.60. The first-order chi connectivity index (χ1) is 8.56. The Hall–Kier alpha value is -1.55. The summed E-state index contributed by atoms with van der Waals surface area (Å²) >= 11 is 0. The predicted molar refractivity (Wildman–Crippen MR) is 73.1 cm³/mol. The van der Waals surface area contributed by atoms with Gasteiger partial charge in [0, 0.05) is 26.0 Å². The average Bonchev–Trinajstić information content (AvgIpc) is 2.41. The van der Waals surface area contributed by atoms with Gasteiger partial charge in [0.15, 0.2) is 0 Å². The highest BCUT2D eigenvalue weighted by molar-refractivity contribution is 5.80. The first-order valence-corrected chi connectivity index (χ1v) is 5.33. The van der Waals surface area contributed by atoms with E-state index < -0.39 is 5.91 Å². The number of hydrazine groups is 3. The third kappa shape index (κ3) is 3.47. The lowest BCUT2D eigenvalue weighted by atomic mass is 10.2. The van der Waals surface area contributed by atoms with Crippen LogP contribution < -0.4 is 38.7 Å². The van der Waals surface area contributed by atoms with Crippen LogP contribution in [0.15, 0.2) is 29.3 Å². The van der Waals surface area contributed by atoms with Crippen LogP contribution in [0, 0.1) is 0 Å². The van der Waals surface area contributed by atoms with Crippen molar-refractivity contribution in [3.8, 4) is 0 Å². The van der Waals surface area contributed by atoms with Crippen molar-refractivity contribution in [1.29, 1.82) is 0 Å². The molecule has 18 heavy (non-hydrogen) atoms. The van der Waals surface area contributed by atoms with E-state index in [9.17, 15) is 0 Å². The van der Waals surface area contributed by atoms with Crippen molar-refractivity contribution in [3.63, 3.8) is 0 Å². The molecule has 0 aliphatic heterocycles. The SMILES string of the molecule is CN(C)c1ccc(C=NC(NN)(NN)NN)cc1. The summed E-state index contributed by atoms with van der Waals surface area (Å²) in [5.74, 6) is 14.6. The van der Waals surface area contributed by atoms with Gasteiger partial charge in [0.2, 0.25) is 0 Å². The largest absolute Gasteiger partial charge is 0.378 e. The van der Waals surface area contributed by atoms with Gasteiger partial charge in [-0.25, -0.2) is 21.3 Å². The van der Waals surface area contributed by atoms with E-state index in [0.29, 0.717) is 0 Å². The van der Waals surface area contributed by atoms with Gasteiger partial charge in [-0.05, 0) is 17.7 Å². The summed E-state index contributed by atoms with van der Waals surface area (Å²) in [5.41, 5.74) is 9.00. The van der Waals surface area contributed by atoms with Gasteiger partial charge in [-0.1, -0.05) is 12.1 Å². The van der Waals surface area contributed by atoms with Crippen molar-refractivity contribution in [2.24, 2.45) is 22.5 Å². The number of anilines is 1. The van der Waals surface area contributed by atoms with Crippen LogP contribution in [-0.2, 0) is 0 Å². The van der Waals surface area contributed by atoms with Crippen LogP contribution in [-0.4, -0.2) is 26.2 Å². The fraction of sp³-hybridized carbons (Fsp3) is 0.300. The number of rotatable bonds is 6. The smallest absolute Gasteiger partial charge is 0.260 e. The van der Waals surface area contributed by atoms with Gasteiger partial charge in [-0.15, -0.1) is 0 Å². The van der Waals surface area contributed by atoms with Crippen molar-refractivity contribution in [1.82, 2.24) is 16.3 Å². The minimum absolute atomic E-state index is 0.894. The van der Waals surface area contributed by atoms with E-state index >= 15 is 0 Å². The predicted octanol–water partition coefficient (Wildman–Crippen LogP) is -1.83. The molecule has 0 spiro atoms. The fourth-order valence-electron chi connectivity index (χ4n) is 1.27. The Morgan fingerprint density at radius 3 is 1.94 bits per heavy atom. The second-order valence-electron chi connectivity index (χ2n) is 3.89. The van der Waals surface area contributed by atoms with Gasteiger partial charge < -0.3 is 4.90 Å². The summed E-state index contributed by atoms with van der Waals surface area (Å²) in [4.78, 5) is 6.12. The van der Waals surface area contributed by atoms with E-state index in [4.69, 9.17) is 17.5 Å². The standard InChI is InChI=1S/C10H20N8/c1-18(2)9-5-3-8(4-6-9)7-14-10(15-11,16-12)17-13/h3-7,15-17H,11-13H2,1-2H3. The highest BCUT2D eigenvalue weighted by atomic mass is 15.6. The van der Waals surface area contributed by atoms with Crippen molar-refractivity contribution in [2.75, 3.05) is 19.0 Å². The van der Waals surface area contributed by atoms with Crippen molar-refractivity contribution in [3.05, 3.63) is 29.8 Å². The zero-order valence-electron chi connectivity index (χ0n) is 10.5. The van der Waals surface area contributed by atoms with Gasteiger partial charge in [-0.3, -0.25) is 17.5 Å². The summed E-state index contributed by atoms with van der Waals surface area (Å²) in [7, 11) is 3.95. The van der Waals surface area contributed by atoms with Crippen molar-refractivity contribution in [2.45, 2.75) is 5.91 Å². The second-order valence-corrected chi connectivity index (χ2v) is 3.89. The molecule has 0 amide bonds. The van der Waals surface area contributed by atoms with Gasteiger partial charge >= 0.3 is 0 Å². The van der Waals surface area contributed by atoms with E-state index in [2.05, 4.69) is 21.3 Å². The topological polar surface area (TPSA) is 130 Å². The monoisotopic (exact) mass is 252 g/mol. The Morgan fingerprint density at radius 1 is 1.06 bits per heavy atom. The van der Waals surface area contributed by atoms with Gasteiger partial charge in [0.1, 0.15) is 0 Å². The molecular weight excluding hydrogens is 232 g/mol.